The number of nitrogens with one attached hydrogen (secondary N) is 2. The Morgan fingerprint density at radius 1 is 1.14 bits per heavy atom. The van der Waals surface area contributed by atoms with Gasteiger partial charge in [-0.05, 0) is 38.5 Å². The first kappa shape index (κ1) is 20.7. The summed E-state index contributed by atoms with van der Waals surface area (Å²) in [5, 5.41) is 5.13. The van der Waals surface area contributed by atoms with Gasteiger partial charge in [-0.15, -0.1) is 0 Å². The fourth-order valence-electron chi connectivity index (χ4n) is 3.32. The molecular formula is C20H21F2N3O4. The largest absolute Gasteiger partial charge is 0.376 e. The third-order valence-electron chi connectivity index (χ3n) is 5.01. The number of benzene rings is 1. The van der Waals surface area contributed by atoms with Gasteiger partial charge < -0.3 is 19.9 Å². The molecule has 0 atom stereocenters. The predicted molar refractivity (Wildman–Crippen MR) is 101 cm³/mol. The molecule has 0 bridgehead atoms. The van der Waals surface area contributed by atoms with Gasteiger partial charge in [-0.2, -0.15) is 0 Å². The summed E-state index contributed by atoms with van der Waals surface area (Å²) in [6, 6.07) is 2.99. The zero-order valence-electron chi connectivity index (χ0n) is 16.5. The van der Waals surface area contributed by atoms with Gasteiger partial charge in [-0.1, -0.05) is 0 Å². The lowest BCUT2D eigenvalue weighted by atomic mass is 9.99. The van der Waals surface area contributed by atoms with Crippen LogP contribution in [-0.2, 0) is 16.6 Å². The SMILES string of the molecule is Cc1c(C(=O)C(=O)NC2(C)COC2)c(C)n(C)c1C(=O)Nc1ccc(F)c(F)c1. The number of anilines is 1. The minimum absolute atomic E-state index is 0.0654. The molecule has 1 fully saturated rings. The third kappa shape index (κ3) is 3.77. The Morgan fingerprint density at radius 3 is 2.34 bits per heavy atom. The molecule has 9 heteroatoms. The van der Waals surface area contributed by atoms with Crippen LogP contribution in [-0.4, -0.2) is 40.9 Å². The van der Waals surface area contributed by atoms with Crippen LogP contribution in [0, 0.1) is 25.5 Å². The molecule has 0 unspecified atom stereocenters. The summed E-state index contributed by atoms with van der Waals surface area (Å²) in [4.78, 5) is 37.9. The first-order chi connectivity index (χ1) is 13.5. The van der Waals surface area contributed by atoms with E-state index in [0.717, 1.165) is 12.1 Å². The van der Waals surface area contributed by atoms with Crippen LogP contribution in [0.3, 0.4) is 0 Å². The summed E-state index contributed by atoms with van der Waals surface area (Å²) >= 11 is 0. The number of nitrogens with zero attached hydrogens (tertiary/aromatic N) is 1. The molecule has 0 spiro atoms. The van der Waals surface area contributed by atoms with E-state index in [0.29, 0.717) is 24.5 Å². The van der Waals surface area contributed by atoms with Gasteiger partial charge in [0.2, 0.25) is 0 Å². The van der Waals surface area contributed by atoms with E-state index in [2.05, 4.69) is 10.6 Å². The molecule has 7 nitrogen and oxygen atoms in total. The fourth-order valence-corrected chi connectivity index (χ4v) is 3.32. The Morgan fingerprint density at radius 2 is 1.79 bits per heavy atom. The number of hydrogen-bond donors (Lipinski definition) is 2. The number of ether oxygens (including phenoxy) is 1. The summed E-state index contributed by atoms with van der Waals surface area (Å²) in [5.41, 5.74) is 0.505. The highest BCUT2D eigenvalue weighted by Gasteiger charge is 2.38. The molecule has 2 amide bonds. The van der Waals surface area contributed by atoms with Crippen molar-refractivity contribution in [3.8, 4) is 0 Å². The van der Waals surface area contributed by atoms with Crippen molar-refractivity contribution in [2.24, 2.45) is 7.05 Å². The molecule has 2 aromatic rings. The standard InChI is InChI=1S/C20H21F2N3O4/c1-10-15(17(26)19(28)24-20(3)8-29-9-20)11(2)25(4)16(10)18(27)23-12-5-6-13(21)14(22)7-12/h5-7H,8-9H2,1-4H3,(H,23,27)(H,24,28). The summed E-state index contributed by atoms with van der Waals surface area (Å²) in [7, 11) is 1.58. The molecule has 1 aromatic carbocycles. The van der Waals surface area contributed by atoms with Crippen molar-refractivity contribution in [1.82, 2.24) is 9.88 Å². The number of rotatable bonds is 5. The van der Waals surface area contributed by atoms with Gasteiger partial charge in [0.05, 0.1) is 24.3 Å². The second-order valence-electron chi connectivity index (χ2n) is 7.41. The molecule has 1 aliphatic heterocycles. The third-order valence-corrected chi connectivity index (χ3v) is 5.01. The van der Waals surface area contributed by atoms with Crippen LogP contribution in [0.5, 0.6) is 0 Å². The number of ketones is 1. The Labute approximate surface area is 166 Å². The maximum absolute atomic E-state index is 13.4. The van der Waals surface area contributed by atoms with Gasteiger partial charge in [0.25, 0.3) is 17.6 Å². The van der Waals surface area contributed by atoms with E-state index in [1.165, 1.54) is 10.6 Å². The van der Waals surface area contributed by atoms with Gasteiger partial charge in [0.15, 0.2) is 11.6 Å². The predicted octanol–water partition coefficient (Wildman–Crippen LogP) is 2.26. The van der Waals surface area contributed by atoms with E-state index >= 15 is 0 Å². The van der Waals surface area contributed by atoms with Gasteiger partial charge in [0.1, 0.15) is 5.69 Å². The molecule has 1 saturated heterocycles. The van der Waals surface area contributed by atoms with Crippen LogP contribution in [0.4, 0.5) is 14.5 Å². The van der Waals surface area contributed by atoms with Crippen molar-refractivity contribution in [2.45, 2.75) is 26.3 Å². The molecular weight excluding hydrogens is 384 g/mol. The van der Waals surface area contributed by atoms with Crippen LogP contribution in [0.1, 0.15) is 39.0 Å². The topological polar surface area (TPSA) is 89.4 Å². The lowest BCUT2D eigenvalue weighted by molar-refractivity contribution is -0.126. The van der Waals surface area contributed by atoms with E-state index in [1.54, 1.807) is 27.8 Å². The molecule has 0 radical (unpaired) electrons. The van der Waals surface area contributed by atoms with E-state index in [4.69, 9.17) is 4.74 Å². The Hall–Kier alpha value is -3.07. The van der Waals surface area contributed by atoms with Crippen LogP contribution < -0.4 is 10.6 Å². The molecule has 29 heavy (non-hydrogen) atoms. The van der Waals surface area contributed by atoms with Crippen molar-refractivity contribution in [1.29, 1.82) is 0 Å². The van der Waals surface area contributed by atoms with Crippen LogP contribution in [0.15, 0.2) is 18.2 Å². The minimum atomic E-state index is -1.09. The summed E-state index contributed by atoms with van der Waals surface area (Å²) in [6.45, 7) is 5.59. The van der Waals surface area contributed by atoms with Crippen LogP contribution >= 0.6 is 0 Å². The zero-order valence-corrected chi connectivity index (χ0v) is 16.5. The van der Waals surface area contributed by atoms with Gasteiger partial charge in [-0.25, -0.2) is 8.78 Å². The second kappa shape index (κ2) is 7.40. The van der Waals surface area contributed by atoms with E-state index in [9.17, 15) is 23.2 Å². The molecule has 0 saturated carbocycles. The Balaban J connectivity index is 1.87. The Kier molecular flexibility index (Phi) is 5.27. The maximum Gasteiger partial charge on any atom is 0.293 e. The smallest absolute Gasteiger partial charge is 0.293 e. The van der Waals surface area contributed by atoms with Crippen LogP contribution in [0.2, 0.25) is 0 Å². The van der Waals surface area contributed by atoms with Crippen molar-refractivity contribution >= 4 is 23.3 Å². The molecule has 0 aliphatic carbocycles. The van der Waals surface area contributed by atoms with Crippen molar-refractivity contribution in [3.05, 3.63) is 52.3 Å². The van der Waals surface area contributed by atoms with E-state index in [1.807, 2.05) is 0 Å². The summed E-state index contributed by atoms with van der Waals surface area (Å²) in [5.74, 6) is -4.27. The van der Waals surface area contributed by atoms with Crippen molar-refractivity contribution in [3.63, 3.8) is 0 Å². The maximum atomic E-state index is 13.4. The van der Waals surface area contributed by atoms with Gasteiger partial charge in [-0.3, -0.25) is 14.4 Å². The average Bonchev–Trinajstić information content (AvgIpc) is 2.85. The average molecular weight is 405 g/mol. The quantitative estimate of drug-likeness (QED) is 0.590. The van der Waals surface area contributed by atoms with Crippen molar-refractivity contribution in [2.75, 3.05) is 18.5 Å². The number of Topliss-reactive ketones (excluding diaryl/α,β-unsaturated/α-hetero) is 1. The molecule has 2 N–H and O–H groups in total. The number of aromatic nitrogens is 1. The van der Waals surface area contributed by atoms with Gasteiger partial charge in [0, 0.05) is 24.5 Å². The molecule has 1 aromatic heterocycles. The number of carbonyl (C=O) groups excluding carboxylic acids is 3. The minimum Gasteiger partial charge on any atom is -0.376 e. The fraction of sp³-hybridized carbons (Fsp3) is 0.350. The lowest BCUT2D eigenvalue weighted by Gasteiger charge is -2.38. The van der Waals surface area contributed by atoms with Gasteiger partial charge >= 0.3 is 0 Å². The van der Waals surface area contributed by atoms with Crippen molar-refractivity contribution < 1.29 is 27.9 Å². The summed E-state index contributed by atoms with van der Waals surface area (Å²) < 4.78 is 33.0. The number of hydrogen-bond acceptors (Lipinski definition) is 4. The highest BCUT2D eigenvalue weighted by atomic mass is 19.2. The lowest BCUT2D eigenvalue weighted by Crippen LogP contribution is -2.61. The zero-order chi connectivity index (χ0) is 21.5. The molecule has 2 heterocycles. The highest BCUT2D eigenvalue weighted by molar-refractivity contribution is 6.43. The molecule has 3 rings (SSSR count). The highest BCUT2D eigenvalue weighted by Crippen LogP contribution is 2.24. The van der Waals surface area contributed by atoms with E-state index in [-0.39, 0.29) is 16.9 Å². The number of halogens is 2. The Bertz CT molecular complexity index is 1030. The molecule has 1 aliphatic rings. The number of carbonyl (C=O) groups is 3. The van der Waals surface area contributed by atoms with E-state index < -0.39 is 34.8 Å². The first-order valence-corrected chi connectivity index (χ1v) is 8.91. The van der Waals surface area contributed by atoms with Crippen LogP contribution in [0.25, 0.3) is 0 Å². The summed E-state index contributed by atoms with van der Waals surface area (Å²) in [6.07, 6.45) is 0. The first-order valence-electron chi connectivity index (χ1n) is 8.91. The number of amides is 2. The second-order valence-corrected chi connectivity index (χ2v) is 7.41. The monoisotopic (exact) mass is 405 g/mol. The molecule has 154 valence electrons. The normalized spacial score (nSPS) is 14.8.